The lowest BCUT2D eigenvalue weighted by Crippen LogP contribution is -2.48. The fourth-order valence-electron chi connectivity index (χ4n) is 2.76. The summed E-state index contributed by atoms with van der Waals surface area (Å²) in [6, 6.07) is 0.653. The molecule has 0 amide bonds. The van der Waals surface area contributed by atoms with Gasteiger partial charge < -0.3 is 15.0 Å². The summed E-state index contributed by atoms with van der Waals surface area (Å²) in [7, 11) is 0. The quantitative estimate of drug-likeness (QED) is 0.721. The van der Waals surface area contributed by atoms with Crippen LogP contribution in [0.25, 0.3) is 0 Å². The molecule has 2 atom stereocenters. The van der Waals surface area contributed by atoms with Crippen molar-refractivity contribution >= 4 is 0 Å². The van der Waals surface area contributed by atoms with E-state index in [0.717, 1.165) is 32.2 Å². The highest BCUT2D eigenvalue weighted by Gasteiger charge is 2.26. The summed E-state index contributed by atoms with van der Waals surface area (Å²) in [5, 5.41) is 3.70. The van der Waals surface area contributed by atoms with Crippen molar-refractivity contribution < 1.29 is 4.74 Å². The highest BCUT2D eigenvalue weighted by Crippen LogP contribution is 2.17. The molecule has 0 aromatic rings. The molecule has 2 unspecified atom stereocenters. The van der Waals surface area contributed by atoms with Crippen LogP contribution >= 0.6 is 0 Å². The highest BCUT2D eigenvalue weighted by molar-refractivity contribution is 4.82. The van der Waals surface area contributed by atoms with Crippen molar-refractivity contribution in [1.82, 2.24) is 10.2 Å². The topological polar surface area (TPSA) is 24.5 Å². The molecule has 0 saturated carbocycles. The molecule has 1 heterocycles. The van der Waals surface area contributed by atoms with Gasteiger partial charge in [0.2, 0.25) is 0 Å². The molecule has 0 aromatic carbocycles. The fourth-order valence-corrected chi connectivity index (χ4v) is 2.76. The average Bonchev–Trinajstić information content (AvgIpc) is 2.36. The van der Waals surface area contributed by atoms with E-state index in [-0.39, 0.29) is 0 Å². The Bertz CT molecular complexity index is 209. The molecule has 0 bridgehead atoms. The van der Waals surface area contributed by atoms with Crippen molar-refractivity contribution in [3.05, 3.63) is 0 Å². The average molecular weight is 256 g/mol. The summed E-state index contributed by atoms with van der Waals surface area (Å²) in [6.45, 7) is 15.6. The van der Waals surface area contributed by atoms with E-state index in [4.69, 9.17) is 4.74 Å². The van der Waals surface area contributed by atoms with Gasteiger partial charge in [-0.2, -0.15) is 0 Å². The van der Waals surface area contributed by atoms with E-state index in [1.165, 1.54) is 25.9 Å². The monoisotopic (exact) mass is 256 g/mol. The van der Waals surface area contributed by atoms with Crippen molar-refractivity contribution in [1.29, 1.82) is 0 Å². The Morgan fingerprint density at radius 3 is 2.72 bits per heavy atom. The molecule has 0 radical (unpaired) electrons. The van der Waals surface area contributed by atoms with Gasteiger partial charge in [-0.1, -0.05) is 27.7 Å². The van der Waals surface area contributed by atoms with Crippen molar-refractivity contribution in [2.45, 2.75) is 46.6 Å². The molecule has 1 rings (SSSR count). The number of hydrogen-bond donors (Lipinski definition) is 1. The molecular weight excluding hydrogens is 224 g/mol. The molecular formula is C15H32N2O. The molecule has 0 spiro atoms. The largest absolute Gasteiger partial charge is 0.381 e. The van der Waals surface area contributed by atoms with Gasteiger partial charge in [-0.05, 0) is 31.8 Å². The van der Waals surface area contributed by atoms with Gasteiger partial charge >= 0.3 is 0 Å². The van der Waals surface area contributed by atoms with E-state index in [1.54, 1.807) is 0 Å². The number of nitrogens with zero attached hydrogens (tertiary/aromatic N) is 1. The van der Waals surface area contributed by atoms with Crippen LogP contribution in [-0.2, 0) is 4.74 Å². The molecule has 1 saturated heterocycles. The van der Waals surface area contributed by atoms with Gasteiger partial charge in [0.25, 0.3) is 0 Å². The van der Waals surface area contributed by atoms with Gasteiger partial charge in [-0.25, -0.2) is 0 Å². The van der Waals surface area contributed by atoms with Crippen LogP contribution in [0, 0.1) is 11.8 Å². The summed E-state index contributed by atoms with van der Waals surface area (Å²) < 4.78 is 5.68. The van der Waals surface area contributed by atoms with E-state index in [1.807, 2.05) is 0 Å². The second-order valence-electron chi connectivity index (χ2n) is 5.93. The Hall–Kier alpha value is -0.120. The minimum atomic E-state index is 0.653. The van der Waals surface area contributed by atoms with E-state index in [2.05, 4.69) is 37.9 Å². The number of rotatable bonds is 8. The summed E-state index contributed by atoms with van der Waals surface area (Å²) >= 11 is 0. The summed E-state index contributed by atoms with van der Waals surface area (Å²) in [5.74, 6) is 1.40. The van der Waals surface area contributed by atoms with Gasteiger partial charge in [-0.15, -0.1) is 0 Å². The zero-order chi connectivity index (χ0) is 13.4. The molecule has 1 aliphatic rings. The first-order valence-corrected chi connectivity index (χ1v) is 7.70. The first-order valence-electron chi connectivity index (χ1n) is 7.70. The van der Waals surface area contributed by atoms with E-state index >= 15 is 0 Å². The Kier molecular flexibility index (Phi) is 7.87. The van der Waals surface area contributed by atoms with Crippen LogP contribution in [0.1, 0.15) is 40.5 Å². The maximum atomic E-state index is 5.68. The Morgan fingerprint density at radius 2 is 2.11 bits per heavy atom. The predicted molar refractivity (Wildman–Crippen MR) is 78.0 cm³/mol. The first kappa shape index (κ1) is 15.9. The molecule has 3 nitrogen and oxygen atoms in total. The zero-order valence-corrected chi connectivity index (χ0v) is 12.7. The van der Waals surface area contributed by atoms with Gasteiger partial charge in [0, 0.05) is 31.7 Å². The number of ether oxygens (including phenoxy) is 1. The third kappa shape index (κ3) is 5.68. The SMILES string of the molecule is CCCNC1CCOCC1CN(CC)CC(C)C. The van der Waals surface area contributed by atoms with Gasteiger partial charge in [0.1, 0.15) is 0 Å². The molecule has 108 valence electrons. The third-order valence-electron chi connectivity index (χ3n) is 3.69. The molecule has 1 N–H and O–H groups in total. The molecule has 0 aromatic heterocycles. The molecule has 3 heteroatoms. The van der Waals surface area contributed by atoms with Crippen LogP contribution in [0.2, 0.25) is 0 Å². The van der Waals surface area contributed by atoms with Crippen LogP contribution in [0.4, 0.5) is 0 Å². The van der Waals surface area contributed by atoms with Crippen LogP contribution in [0.15, 0.2) is 0 Å². The summed E-state index contributed by atoms with van der Waals surface area (Å²) in [6.07, 6.45) is 2.39. The van der Waals surface area contributed by atoms with Gasteiger partial charge in [0.15, 0.2) is 0 Å². The van der Waals surface area contributed by atoms with Crippen LogP contribution in [0.5, 0.6) is 0 Å². The van der Waals surface area contributed by atoms with Crippen molar-refractivity contribution in [3.8, 4) is 0 Å². The van der Waals surface area contributed by atoms with Crippen LogP contribution < -0.4 is 5.32 Å². The first-order chi connectivity index (χ1) is 8.67. The van der Waals surface area contributed by atoms with Crippen molar-refractivity contribution in [2.75, 3.05) is 39.4 Å². The Morgan fingerprint density at radius 1 is 1.33 bits per heavy atom. The normalized spacial score (nSPS) is 25.0. The minimum Gasteiger partial charge on any atom is -0.381 e. The predicted octanol–water partition coefficient (Wildman–Crippen LogP) is 2.37. The molecule has 1 fully saturated rings. The molecule has 0 aliphatic carbocycles. The molecule has 1 aliphatic heterocycles. The van der Waals surface area contributed by atoms with Gasteiger partial charge in [-0.3, -0.25) is 0 Å². The lowest BCUT2D eigenvalue weighted by Gasteiger charge is -2.36. The third-order valence-corrected chi connectivity index (χ3v) is 3.69. The van der Waals surface area contributed by atoms with Crippen molar-refractivity contribution in [2.24, 2.45) is 11.8 Å². The fraction of sp³-hybridized carbons (Fsp3) is 1.00. The van der Waals surface area contributed by atoms with Crippen LogP contribution in [-0.4, -0.2) is 50.3 Å². The second-order valence-corrected chi connectivity index (χ2v) is 5.93. The number of hydrogen-bond acceptors (Lipinski definition) is 3. The van der Waals surface area contributed by atoms with Crippen molar-refractivity contribution in [3.63, 3.8) is 0 Å². The molecule has 18 heavy (non-hydrogen) atoms. The minimum absolute atomic E-state index is 0.653. The summed E-state index contributed by atoms with van der Waals surface area (Å²) in [4.78, 5) is 2.57. The van der Waals surface area contributed by atoms with Gasteiger partial charge in [0.05, 0.1) is 6.61 Å². The van der Waals surface area contributed by atoms with Crippen LogP contribution in [0.3, 0.4) is 0 Å². The van der Waals surface area contributed by atoms with E-state index in [9.17, 15) is 0 Å². The maximum Gasteiger partial charge on any atom is 0.0521 e. The Labute approximate surface area is 113 Å². The summed E-state index contributed by atoms with van der Waals surface area (Å²) in [5.41, 5.74) is 0. The Balaban J connectivity index is 2.43. The second kappa shape index (κ2) is 8.89. The maximum absolute atomic E-state index is 5.68. The zero-order valence-electron chi connectivity index (χ0n) is 12.7. The lowest BCUT2D eigenvalue weighted by molar-refractivity contribution is 0.0158. The standard InChI is InChI=1S/C15H32N2O/c1-5-8-16-15-7-9-18-12-14(15)11-17(6-2)10-13(3)4/h13-16H,5-12H2,1-4H3. The van der Waals surface area contributed by atoms with E-state index < -0.39 is 0 Å². The number of nitrogens with one attached hydrogen (secondary N) is 1. The van der Waals surface area contributed by atoms with E-state index in [0.29, 0.717) is 12.0 Å². The highest BCUT2D eigenvalue weighted by atomic mass is 16.5. The lowest BCUT2D eigenvalue weighted by atomic mass is 9.94. The smallest absolute Gasteiger partial charge is 0.0521 e.